The molecule has 2 rings (SSSR count). The molecule has 0 aromatic carbocycles. The van der Waals surface area contributed by atoms with Crippen LogP contribution < -0.4 is 0 Å². The average molecular weight is 187 g/mol. The van der Waals surface area contributed by atoms with Crippen molar-refractivity contribution < 1.29 is 9.13 Å². The van der Waals surface area contributed by atoms with E-state index in [1.54, 1.807) is 0 Å². The van der Waals surface area contributed by atoms with Crippen LogP contribution in [0.3, 0.4) is 0 Å². The molecule has 2 fully saturated rings. The van der Waals surface area contributed by atoms with E-state index in [0.717, 1.165) is 6.54 Å². The SMILES string of the molecule is CC(C)N1C[C@@H](F)OCC2(CC2)C1. The predicted molar refractivity (Wildman–Crippen MR) is 49.2 cm³/mol. The lowest BCUT2D eigenvalue weighted by Crippen LogP contribution is -2.37. The molecule has 1 saturated carbocycles. The summed E-state index contributed by atoms with van der Waals surface area (Å²) in [7, 11) is 0. The Hall–Kier alpha value is -0.150. The lowest BCUT2D eigenvalue weighted by atomic mass is 10.1. The van der Waals surface area contributed by atoms with Crippen LogP contribution in [0.4, 0.5) is 4.39 Å². The first-order valence-electron chi connectivity index (χ1n) is 5.11. The molecule has 76 valence electrons. The van der Waals surface area contributed by atoms with Gasteiger partial charge in [-0.3, -0.25) is 4.90 Å². The third-order valence-electron chi connectivity index (χ3n) is 3.17. The van der Waals surface area contributed by atoms with Gasteiger partial charge in [-0.25, -0.2) is 4.39 Å². The van der Waals surface area contributed by atoms with Crippen molar-refractivity contribution >= 4 is 0 Å². The molecule has 0 bridgehead atoms. The lowest BCUT2D eigenvalue weighted by molar-refractivity contribution is -0.0486. The van der Waals surface area contributed by atoms with Crippen LogP contribution in [0, 0.1) is 5.41 Å². The second kappa shape index (κ2) is 3.21. The topological polar surface area (TPSA) is 12.5 Å². The molecule has 3 heteroatoms. The highest BCUT2D eigenvalue weighted by molar-refractivity contribution is 4.97. The van der Waals surface area contributed by atoms with E-state index in [4.69, 9.17) is 4.74 Å². The molecular formula is C10H18FNO. The molecule has 1 atom stereocenters. The Morgan fingerprint density at radius 2 is 2.15 bits per heavy atom. The van der Waals surface area contributed by atoms with Crippen molar-refractivity contribution in [2.24, 2.45) is 5.41 Å². The van der Waals surface area contributed by atoms with Gasteiger partial charge in [0.25, 0.3) is 0 Å². The summed E-state index contributed by atoms with van der Waals surface area (Å²) in [5.74, 6) is 0. The molecule has 0 radical (unpaired) electrons. The van der Waals surface area contributed by atoms with Gasteiger partial charge in [0.2, 0.25) is 6.36 Å². The van der Waals surface area contributed by atoms with Gasteiger partial charge >= 0.3 is 0 Å². The van der Waals surface area contributed by atoms with Gasteiger partial charge in [-0.2, -0.15) is 0 Å². The molecule has 2 nitrogen and oxygen atoms in total. The Morgan fingerprint density at radius 1 is 1.46 bits per heavy atom. The Morgan fingerprint density at radius 3 is 2.69 bits per heavy atom. The number of hydrogen-bond acceptors (Lipinski definition) is 2. The maximum Gasteiger partial charge on any atom is 0.211 e. The minimum Gasteiger partial charge on any atom is -0.346 e. The first kappa shape index (κ1) is 9.41. The summed E-state index contributed by atoms with van der Waals surface area (Å²) in [6.45, 7) is 6.32. The summed E-state index contributed by atoms with van der Waals surface area (Å²) in [4.78, 5) is 2.20. The molecule has 1 aliphatic heterocycles. The van der Waals surface area contributed by atoms with Gasteiger partial charge < -0.3 is 4.74 Å². The first-order valence-corrected chi connectivity index (χ1v) is 5.11. The number of nitrogens with zero attached hydrogens (tertiary/aromatic N) is 1. The van der Waals surface area contributed by atoms with Crippen molar-refractivity contribution in [1.29, 1.82) is 0 Å². The number of alkyl halides is 1. The van der Waals surface area contributed by atoms with E-state index >= 15 is 0 Å². The zero-order chi connectivity index (χ0) is 9.47. The highest BCUT2D eigenvalue weighted by Gasteiger charge is 2.47. The number of hydrogen-bond donors (Lipinski definition) is 0. The third kappa shape index (κ3) is 2.02. The maximum atomic E-state index is 13.2. The summed E-state index contributed by atoms with van der Waals surface area (Å²) in [5.41, 5.74) is 0.311. The normalized spacial score (nSPS) is 33.7. The molecule has 0 N–H and O–H groups in total. The van der Waals surface area contributed by atoms with Crippen molar-refractivity contribution in [3.8, 4) is 0 Å². The van der Waals surface area contributed by atoms with Gasteiger partial charge in [0.15, 0.2) is 0 Å². The van der Waals surface area contributed by atoms with Gasteiger partial charge in [-0.15, -0.1) is 0 Å². The van der Waals surface area contributed by atoms with Crippen molar-refractivity contribution in [3.63, 3.8) is 0 Å². The Labute approximate surface area is 79.1 Å². The Bertz CT molecular complexity index is 191. The van der Waals surface area contributed by atoms with Gasteiger partial charge in [0, 0.05) is 18.0 Å². The second-order valence-corrected chi connectivity index (χ2v) is 4.74. The van der Waals surface area contributed by atoms with Gasteiger partial charge in [0.05, 0.1) is 13.2 Å². The molecule has 1 heterocycles. The monoisotopic (exact) mass is 187 g/mol. The number of halogens is 1. The largest absolute Gasteiger partial charge is 0.346 e. The van der Waals surface area contributed by atoms with E-state index in [1.807, 2.05) is 0 Å². The van der Waals surface area contributed by atoms with E-state index in [2.05, 4.69) is 18.7 Å². The van der Waals surface area contributed by atoms with Gasteiger partial charge in [-0.05, 0) is 26.7 Å². The molecule has 0 unspecified atom stereocenters. The highest BCUT2D eigenvalue weighted by atomic mass is 19.1. The summed E-state index contributed by atoms with van der Waals surface area (Å²) in [6, 6.07) is 0.428. The fourth-order valence-electron chi connectivity index (χ4n) is 1.92. The van der Waals surface area contributed by atoms with E-state index in [1.165, 1.54) is 12.8 Å². The molecule has 0 aromatic heterocycles. The average Bonchev–Trinajstić information content (AvgIpc) is 2.82. The molecule has 2 aliphatic rings. The predicted octanol–water partition coefficient (Wildman–Crippen LogP) is 1.80. The minimum absolute atomic E-state index is 0.311. The van der Waals surface area contributed by atoms with E-state index in [0.29, 0.717) is 24.6 Å². The van der Waals surface area contributed by atoms with Crippen LogP contribution in [-0.2, 0) is 4.74 Å². The standard InChI is InChI=1S/C10H18FNO/c1-8(2)12-5-9(11)13-7-10(6-12)3-4-10/h8-9H,3-7H2,1-2H3/t9-/m0/s1. The number of rotatable bonds is 1. The smallest absolute Gasteiger partial charge is 0.211 e. The summed E-state index contributed by atoms with van der Waals surface area (Å²) in [6.07, 6.45) is 1.34. The van der Waals surface area contributed by atoms with Crippen LogP contribution in [0.2, 0.25) is 0 Å². The van der Waals surface area contributed by atoms with E-state index in [9.17, 15) is 4.39 Å². The zero-order valence-electron chi connectivity index (χ0n) is 8.42. The van der Waals surface area contributed by atoms with Crippen LogP contribution in [0.15, 0.2) is 0 Å². The molecule has 0 amide bonds. The Kier molecular flexibility index (Phi) is 2.32. The fraction of sp³-hybridized carbons (Fsp3) is 1.00. The van der Waals surface area contributed by atoms with Gasteiger partial charge in [-0.1, -0.05) is 0 Å². The molecule has 1 saturated heterocycles. The third-order valence-corrected chi connectivity index (χ3v) is 3.17. The van der Waals surface area contributed by atoms with E-state index < -0.39 is 6.36 Å². The Balaban J connectivity index is 2.01. The maximum absolute atomic E-state index is 13.2. The molecule has 1 spiro atoms. The second-order valence-electron chi connectivity index (χ2n) is 4.74. The summed E-state index contributed by atoms with van der Waals surface area (Å²) >= 11 is 0. The zero-order valence-corrected chi connectivity index (χ0v) is 8.42. The first-order chi connectivity index (χ1) is 6.11. The molecule has 0 aromatic rings. The molecule has 13 heavy (non-hydrogen) atoms. The summed E-state index contributed by atoms with van der Waals surface area (Å²) < 4.78 is 18.3. The van der Waals surface area contributed by atoms with Gasteiger partial charge in [0.1, 0.15) is 0 Å². The van der Waals surface area contributed by atoms with Crippen molar-refractivity contribution in [1.82, 2.24) is 4.90 Å². The number of ether oxygens (including phenoxy) is 1. The van der Waals surface area contributed by atoms with Crippen LogP contribution in [0.5, 0.6) is 0 Å². The van der Waals surface area contributed by atoms with Crippen molar-refractivity contribution in [2.75, 3.05) is 19.7 Å². The fourth-order valence-corrected chi connectivity index (χ4v) is 1.92. The van der Waals surface area contributed by atoms with Crippen LogP contribution in [0.1, 0.15) is 26.7 Å². The van der Waals surface area contributed by atoms with Crippen LogP contribution in [-0.4, -0.2) is 37.0 Å². The van der Waals surface area contributed by atoms with Crippen molar-refractivity contribution in [2.45, 2.75) is 39.1 Å². The van der Waals surface area contributed by atoms with E-state index in [-0.39, 0.29) is 0 Å². The van der Waals surface area contributed by atoms with Crippen LogP contribution >= 0.6 is 0 Å². The van der Waals surface area contributed by atoms with Crippen molar-refractivity contribution in [3.05, 3.63) is 0 Å². The summed E-state index contributed by atoms with van der Waals surface area (Å²) in [5, 5.41) is 0. The quantitative estimate of drug-likeness (QED) is 0.620. The highest BCUT2D eigenvalue weighted by Crippen LogP contribution is 2.48. The molecule has 1 aliphatic carbocycles. The minimum atomic E-state index is -1.08. The lowest BCUT2D eigenvalue weighted by Gasteiger charge is -2.26. The van der Waals surface area contributed by atoms with Crippen LogP contribution in [0.25, 0.3) is 0 Å². The molecular weight excluding hydrogens is 169 g/mol.